The maximum Gasteiger partial charge on any atom is 0.143 e. The summed E-state index contributed by atoms with van der Waals surface area (Å²) in [4.78, 5) is 28.2. The van der Waals surface area contributed by atoms with Gasteiger partial charge in [0, 0.05) is 18.9 Å². The highest BCUT2D eigenvalue weighted by Crippen LogP contribution is 2.48. The highest BCUT2D eigenvalue weighted by Gasteiger charge is 2.45. The number of aryl methyl sites for hydroxylation is 1. The minimum Gasteiger partial charge on any atom is -0.496 e. The van der Waals surface area contributed by atoms with E-state index in [-0.39, 0.29) is 22.9 Å². The van der Waals surface area contributed by atoms with Gasteiger partial charge in [0.15, 0.2) is 0 Å². The summed E-state index contributed by atoms with van der Waals surface area (Å²) in [6, 6.07) is 6.98. The fourth-order valence-corrected chi connectivity index (χ4v) is 6.70. The molecule has 4 heteroatoms. The van der Waals surface area contributed by atoms with Gasteiger partial charge in [-0.2, -0.15) is 0 Å². The third-order valence-electron chi connectivity index (χ3n) is 8.39. The molecule has 1 aromatic carbocycles. The number of Topliss-reactive ketones (excluding diaryl/α,β-unsaturated/α-hetero) is 2. The summed E-state index contributed by atoms with van der Waals surface area (Å²) in [5.74, 6) is 1.19. The van der Waals surface area contributed by atoms with E-state index in [0.717, 1.165) is 70.2 Å². The molecule has 1 spiro atoms. The van der Waals surface area contributed by atoms with Gasteiger partial charge in [-0.05, 0) is 87.1 Å². The first-order chi connectivity index (χ1) is 15.5. The lowest BCUT2D eigenvalue weighted by molar-refractivity contribution is -0.140. The van der Waals surface area contributed by atoms with Crippen molar-refractivity contribution in [3.63, 3.8) is 0 Å². The van der Waals surface area contributed by atoms with Gasteiger partial charge >= 0.3 is 0 Å². The molecule has 0 heterocycles. The Balaban J connectivity index is 1.28. The lowest BCUT2D eigenvalue weighted by Gasteiger charge is -2.36. The molecule has 0 unspecified atom stereocenters. The second-order valence-corrected chi connectivity index (χ2v) is 10.6. The van der Waals surface area contributed by atoms with Gasteiger partial charge in [-0.25, -0.2) is 0 Å². The smallest absolute Gasteiger partial charge is 0.143 e. The van der Waals surface area contributed by atoms with E-state index in [1.807, 2.05) is 0 Å². The zero-order valence-corrected chi connectivity index (χ0v) is 20.2. The number of nitrogens with zero attached hydrogens (tertiary/aromatic N) is 1. The Morgan fingerprint density at radius 3 is 2.50 bits per heavy atom. The van der Waals surface area contributed by atoms with Crippen LogP contribution >= 0.6 is 0 Å². The molecule has 3 aliphatic rings. The Kier molecular flexibility index (Phi) is 7.70. The third kappa shape index (κ3) is 5.11. The fourth-order valence-electron chi connectivity index (χ4n) is 6.70. The van der Waals surface area contributed by atoms with Gasteiger partial charge in [0.1, 0.15) is 17.3 Å². The van der Waals surface area contributed by atoms with Crippen LogP contribution < -0.4 is 4.74 Å². The molecule has 0 bridgehead atoms. The summed E-state index contributed by atoms with van der Waals surface area (Å²) in [5, 5.41) is 0. The predicted molar refractivity (Wildman–Crippen MR) is 128 cm³/mol. The number of carbonyl (C=O) groups is 2. The first-order valence-electron chi connectivity index (χ1n) is 13.0. The van der Waals surface area contributed by atoms with Crippen molar-refractivity contribution in [3.8, 4) is 5.75 Å². The van der Waals surface area contributed by atoms with Crippen molar-refractivity contribution in [2.45, 2.75) is 96.4 Å². The van der Waals surface area contributed by atoms with E-state index >= 15 is 0 Å². The molecule has 1 atom stereocenters. The number of hydrogen-bond donors (Lipinski definition) is 0. The van der Waals surface area contributed by atoms with Crippen LogP contribution in [0.3, 0.4) is 0 Å². The van der Waals surface area contributed by atoms with Crippen molar-refractivity contribution in [1.82, 2.24) is 4.90 Å². The second-order valence-electron chi connectivity index (χ2n) is 10.6. The third-order valence-corrected chi connectivity index (χ3v) is 8.39. The largest absolute Gasteiger partial charge is 0.496 e. The number of methoxy groups -OCH3 is 1. The zero-order valence-electron chi connectivity index (χ0n) is 20.2. The average Bonchev–Trinajstić information content (AvgIpc) is 3.23. The number of unbranched alkanes of at least 4 members (excludes halogenated alkanes) is 1. The second kappa shape index (κ2) is 10.5. The Morgan fingerprint density at radius 2 is 1.81 bits per heavy atom. The lowest BCUT2D eigenvalue weighted by atomic mass is 9.67. The van der Waals surface area contributed by atoms with Gasteiger partial charge in [0.25, 0.3) is 0 Å². The molecule has 4 rings (SSSR count). The predicted octanol–water partition coefficient (Wildman–Crippen LogP) is 5.54. The Morgan fingerprint density at radius 1 is 1.06 bits per heavy atom. The lowest BCUT2D eigenvalue weighted by Crippen LogP contribution is -2.41. The summed E-state index contributed by atoms with van der Waals surface area (Å²) in [6.45, 7) is 4.42. The van der Waals surface area contributed by atoms with Gasteiger partial charge in [0.2, 0.25) is 0 Å². The SMILES string of the molecule is CCCN(CCCCC1C(=O)CC2(CCCC2)CC1=O)[C@H]1CCc2cccc(OC)c2C1. The average molecular weight is 440 g/mol. The van der Waals surface area contributed by atoms with Gasteiger partial charge in [-0.15, -0.1) is 0 Å². The molecule has 2 fully saturated rings. The summed E-state index contributed by atoms with van der Waals surface area (Å²) in [5.41, 5.74) is 2.86. The maximum absolute atomic E-state index is 12.8. The van der Waals surface area contributed by atoms with Crippen molar-refractivity contribution in [3.05, 3.63) is 29.3 Å². The van der Waals surface area contributed by atoms with Crippen molar-refractivity contribution in [2.75, 3.05) is 20.2 Å². The van der Waals surface area contributed by atoms with Crippen LogP contribution in [0, 0.1) is 11.3 Å². The summed E-state index contributed by atoms with van der Waals surface area (Å²) in [6.07, 6.45) is 13.2. The molecule has 32 heavy (non-hydrogen) atoms. The molecule has 1 aromatic rings. The van der Waals surface area contributed by atoms with Crippen LogP contribution in [-0.4, -0.2) is 42.7 Å². The number of hydrogen-bond acceptors (Lipinski definition) is 4. The molecule has 0 N–H and O–H groups in total. The van der Waals surface area contributed by atoms with Gasteiger partial charge in [-0.3, -0.25) is 9.59 Å². The molecule has 0 saturated heterocycles. The maximum atomic E-state index is 12.8. The van der Waals surface area contributed by atoms with Crippen LogP contribution in [0.25, 0.3) is 0 Å². The zero-order chi connectivity index (χ0) is 22.6. The number of fused-ring (bicyclic) bond motifs is 1. The molecule has 3 aliphatic carbocycles. The fraction of sp³-hybridized carbons (Fsp3) is 0.714. The molecule has 0 aliphatic heterocycles. The number of benzene rings is 1. The van der Waals surface area contributed by atoms with Crippen molar-refractivity contribution in [2.24, 2.45) is 11.3 Å². The van der Waals surface area contributed by atoms with Crippen LogP contribution in [0.1, 0.15) is 88.7 Å². The quantitative estimate of drug-likeness (QED) is 0.374. The van der Waals surface area contributed by atoms with Crippen LogP contribution in [0.15, 0.2) is 18.2 Å². The number of ether oxygens (including phenoxy) is 1. The number of carbonyl (C=O) groups excluding carboxylic acids is 2. The van der Waals surface area contributed by atoms with Crippen molar-refractivity contribution >= 4 is 11.6 Å². The molecular weight excluding hydrogens is 398 g/mol. The van der Waals surface area contributed by atoms with Crippen LogP contribution in [-0.2, 0) is 22.4 Å². The minimum absolute atomic E-state index is 0.0426. The highest BCUT2D eigenvalue weighted by atomic mass is 16.5. The molecule has 0 radical (unpaired) electrons. The van der Waals surface area contributed by atoms with Crippen molar-refractivity contribution in [1.29, 1.82) is 0 Å². The number of ketones is 2. The normalized spacial score (nSPS) is 23.2. The molecule has 2 saturated carbocycles. The standard InChI is InChI=1S/C28H41NO3/c1-3-16-29(22-13-12-21-9-8-11-27(32-2)24(21)18-22)17-7-4-10-23-25(30)19-28(20-26(23)31)14-5-6-15-28/h8-9,11,22-23H,3-7,10,12-20H2,1-2H3/t22-/m0/s1. The van der Waals surface area contributed by atoms with Gasteiger partial charge < -0.3 is 9.64 Å². The number of rotatable bonds is 9. The van der Waals surface area contributed by atoms with Crippen LogP contribution in [0.4, 0.5) is 0 Å². The van der Waals surface area contributed by atoms with E-state index in [4.69, 9.17) is 4.74 Å². The van der Waals surface area contributed by atoms with E-state index in [0.29, 0.717) is 18.9 Å². The topological polar surface area (TPSA) is 46.6 Å². The molecule has 0 amide bonds. The summed E-state index contributed by atoms with van der Waals surface area (Å²) in [7, 11) is 1.77. The first kappa shape index (κ1) is 23.5. The van der Waals surface area contributed by atoms with E-state index in [1.54, 1.807) is 7.11 Å². The Labute approximate surface area is 194 Å². The van der Waals surface area contributed by atoms with E-state index in [1.165, 1.54) is 30.4 Å². The molecular formula is C28H41NO3. The summed E-state index contributed by atoms with van der Waals surface area (Å²) < 4.78 is 5.64. The molecule has 176 valence electrons. The first-order valence-corrected chi connectivity index (χ1v) is 13.0. The van der Waals surface area contributed by atoms with Crippen LogP contribution in [0.2, 0.25) is 0 Å². The minimum atomic E-state index is -0.313. The Bertz CT molecular complexity index is 777. The van der Waals surface area contributed by atoms with E-state index < -0.39 is 0 Å². The Hall–Kier alpha value is -1.68. The summed E-state index contributed by atoms with van der Waals surface area (Å²) >= 11 is 0. The van der Waals surface area contributed by atoms with E-state index in [9.17, 15) is 9.59 Å². The van der Waals surface area contributed by atoms with Crippen molar-refractivity contribution < 1.29 is 14.3 Å². The van der Waals surface area contributed by atoms with Gasteiger partial charge in [0.05, 0.1) is 13.0 Å². The van der Waals surface area contributed by atoms with Crippen LogP contribution in [0.5, 0.6) is 5.75 Å². The molecule has 0 aromatic heterocycles. The molecule has 4 nitrogen and oxygen atoms in total. The van der Waals surface area contributed by atoms with E-state index in [2.05, 4.69) is 30.0 Å². The monoisotopic (exact) mass is 439 g/mol. The highest BCUT2D eigenvalue weighted by molar-refractivity contribution is 6.05. The van der Waals surface area contributed by atoms with Gasteiger partial charge in [-0.1, -0.05) is 38.3 Å².